The lowest BCUT2D eigenvalue weighted by atomic mass is 10.2. The smallest absolute Gasteiger partial charge is 0.251 e. The first-order valence-corrected chi connectivity index (χ1v) is 11.7. The van der Waals surface area contributed by atoms with Crippen molar-refractivity contribution in [2.45, 2.75) is 18.6 Å². The van der Waals surface area contributed by atoms with Gasteiger partial charge in [-0.05, 0) is 55.1 Å². The molecule has 0 radical (unpaired) electrons. The molecule has 8 heteroatoms. The van der Waals surface area contributed by atoms with E-state index in [0.717, 1.165) is 16.4 Å². The number of aromatic nitrogens is 3. The van der Waals surface area contributed by atoms with Crippen LogP contribution in [0.1, 0.15) is 22.8 Å². The fraction of sp³-hybridized carbons (Fsp3) is 0.160. The highest BCUT2D eigenvalue weighted by atomic mass is 32.2. The number of thioether (sulfide) groups is 1. The lowest BCUT2D eigenvalue weighted by Crippen LogP contribution is -2.22. The van der Waals surface area contributed by atoms with Gasteiger partial charge in [-0.1, -0.05) is 30.0 Å². The van der Waals surface area contributed by atoms with Crippen molar-refractivity contribution < 1.29 is 14.3 Å². The quantitative estimate of drug-likeness (QED) is 0.350. The van der Waals surface area contributed by atoms with Gasteiger partial charge in [-0.15, -0.1) is 0 Å². The molecule has 0 spiro atoms. The van der Waals surface area contributed by atoms with Gasteiger partial charge in [0.2, 0.25) is 5.88 Å². The summed E-state index contributed by atoms with van der Waals surface area (Å²) in [6.07, 6.45) is 7.32. The lowest BCUT2D eigenvalue weighted by molar-refractivity contribution is 0.0951. The highest BCUT2D eigenvalue weighted by molar-refractivity contribution is 7.98. The second-order valence-corrected chi connectivity index (χ2v) is 7.77. The molecule has 2 aromatic heterocycles. The Morgan fingerprint density at radius 3 is 2.52 bits per heavy atom. The Kier molecular flexibility index (Phi) is 7.26. The van der Waals surface area contributed by atoms with Crippen LogP contribution in [0, 0.1) is 0 Å². The normalized spacial score (nSPS) is 10.6. The van der Waals surface area contributed by atoms with Gasteiger partial charge in [-0.25, -0.2) is 9.97 Å². The van der Waals surface area contributed by atoms with E-state index in [9.17, 15) is 4.79 Å². The molecule has 0 unspecified atom stereocenters. The van der Waals surface area contributed by atoms with Crippen LogP contribution in [0.25, 0.3) is 5.69 Å². The number of para-hydroxylation sites is 2. The van der Waals surface area contributed by atoms with Crippen LogP contribution in [0.15, 0.2) is 84.4 Å². The lowest BCUT2D eigenvalue weighted by Gasteiger charge is -2.11. The summed E-state index contributed by atoms with van der Waals surface area (Å²) in [7, 11) is 0. The Balaban J connectivity index is 1.34. The highest BCUT2D eigenvalue weighted by Gasteiger charge is 2.09. The average Bonchev–Trinajstić information content (AvgIpc) is 3.34. The number of nitrogens with zero attached hydrogens (tertiary/aromatic N) is 3. The molecule has 0 aliphatic heterocycles. The molecule has 4 aromatic rings. The SMILES string of the molecule is CCOc1ccccc1Oc1ccc(CNC(=O)c2ccc(-n3ccnc3SC)cc2)cn1. The molecule has 2 heterocycles. The Morgan fingerprint density at radius 1 is 1.03 bits per heavy atom. The minimum Gasteiger partial charge on any atom is -0.490 e. The van der Waals surface area contributed by atoms with Crippen molar-refractivity contribution >= 4 is 17.7 Å². The van der Waals surface area contributed by atoms with E-state index in [4.69, 9.17) is 9.47 Å². The molecular weight excluding hydrogens is 436 g/mol. The van der Waals surface area contributed by atoms with E-state index < -0.39 is 0 Å². The molecule has 0 atom stereocenters. The van der Waals surface area contributed by atoms with Crippen LogP contribution >= 0.6 is 11.8 Å². The van der Waals surface area contributed by atoms with Gasteiger partial charge in [0.15, 0.2) is 16.7 Å². The Hall–Kier alpha value is -3.78. The van der Waals surface area contributed by atoms with E-state index >= 15 is 0 Å². The fourth-order valence-electron chi connectivity index (χ4n) is 3.19. The summed E-state index contributed by atoms with van der Waals surface area (Å²) in [4.78, 5) is 21.2. The summed E-state index contributed by atoms with van der Waals surface area (Å²) in [6.45, 7) is 2.84. The summed E-state index contributed by atoms with van der Waals surface area (Å²) in [5.74, 6) is 1.58. The van der Waals surface area contributed by atoms with E-state index in [1.54, 1.807) is 42.4 Å². The predicted molar refractivity (Wildman–Crippen MR) is 128 cm³/mol. The van der Waals surface area contributed by atoms with Crippen LogP contribution < -0.4 is 14.8 Å². The van der Waals surface area contributed by atoms with Crippen LogP contribution in [0.5, 0.6) is 17.4 Å². The molecule has 4 rings (SSSR count). The third-order valence-corrected chi connectivity index (χ3v) is 5.48. The van der Waals surface area contributed by atoms with Gasteiger partial charge < -0.3 is 14.8 Å². The first-order valence-electron chi connectivity index (χ1n) is 10.5. The summed E-state index contributed by atoms with van der Waals surface area (Å²) < 4.78 is 13.4. The molecular formula is C25H24N4O3S. The van der Waals surface area contributed by atoms with E-state index in [0.29, 0.717) is 36.1 Å². The molecule has 168 valence electrons. The first kappa shape index (κ1) is 22.4. The van der Waals surface area contributed by atoms with E-state index in [1.165, 1.54) is 0 Å². The standard InChI is InChI=1S/C25H24N4O3S/c1-3-31-21-6-4-5-7-22(21)32-23-13-8-18(16-27-23)17-28-24(30)19-9-11-20(12-10-19)29-15-14-26-25(29)33-2/h4-16H,3,17H2,1-2H3,(H,28,30). The van der Waals surface area contributed by atoms with Crippen molar-refractivity contribution in [3.8, 4) is 23.1 Å². The molecule has 1 amide bonds. The fourth-order valence-corrected chi connectivity index (χ4v) is 3.72. The number of carbonyl (C=O) groups is 1. The molecule has 0 saturated heterocycles. The zero-order chi connectivity index (χ0) is 23.0. The minimum atomic E-state index is -0.150. The maximum atomic E-state index is 12.6. The van der Waals surface area contributed by atoms with Gasteiger partial charge in [-0.2, -0.15) is 0 Å². The maximum Gasteiger partial charge on any atom is 0.251 e. The second kappa shape index (κ2) is 10.7. The number of hydrogen-bond donors (Lipinski definition) is 1. The van der Waals surface area contributed by atoms with E-state index in [2.05, 4.69) is 15.3 Å². The monoisotopic (exact) mass is 460 g/mol. The Morgan fingerprint density at radius 2 is 1.82 bits per heavy atom. The number of ether oxygens (including phenoxy) is 2. The van der Waals surface area contributed by atoms with Crippen LogP contribution in [0.3, 0.4) is 0 Å². The molecule has 1 N–H and O–H groups in total. The maximum absolute atomic E-state index is 12.6. The third-order valence-electron chi connectivity index (χ3n) is 4.81. The van der Waals surface area contributed by atoms with Crippen molar-refractivity contribution in [3.05, 3.63) is 90.4 Å². The Bertz CT molecular complexity index is 1210. The van der Waals surface area contributed by atoms with Gasteiger partial charge in [0.1, 0.15) is 0 Å². The summed E-state index contributed by atoms with van der Waals surface area (Å²) in [6, 6.07) is 18.5. The van der Waals surface area contributed by atoms with E-state index in [1.807, 2.05) is 66.4 Å². The molecule has 7 nitrogen and oxygen atoms in total. The number of rotatable bonds is 9. The number of pyridine rings is 1. The van der Waals surface area contributed by atoms with Gasteiger partial charge in [0.05, 0.1) is 6.61 Å². The zero-order valence-electron chi connectivity index (χ0n) is 18.4. The average molecular weight is 461 g/mol. The topological polar surface area (TPSA) is 78.3 Å². The van der Waals surface area contributed by atoms with Crippen molar-refractivity contribution in [1.82, 2.24) is 19.9 Å². The first-order chi connectivity index (χ1) is 16.2. The highest BCUT2D eigenvalue weighted by Crippen LogP contribution is 2.30. The molecule has 0 bridgehead atoms. The van der Waals surface area contributed by atoms with Gasteiger partial charge in [0, 0.05) is 42.5 Å². The number of nitrogens with one attached hydrogen (secondary N) is 1. The van der Waals surface area contributed by atoms with Crippen LogP contribution in [0.2, 0.25) is 0 Å². The zero-order valence-corrected chi connectivity index (χ0v) is 19.2. The summed E-state index contributed by atoms with van der Waals surface area (Å²) >= 11 is 1.57. The van der Waals surface area contributed by atoms with Crippen LogP contribution in [-0.4, -0.2) is 33.3 Å². The second-order valence-electron chi connectivity index (χ2n) is 7.00. The third kappa shape index (κ3) is 5.53. The number of benzene rings is 2. The molecule has 0 saturated carbocycles. The molecule has 0 aliphatic rings. The summed E-state index contributed by atoms with van der Waals surface area (Å²) in [5.41, 5.74) is 2.41. The Labute approximate surface area is 196 Å². The summed E-state index contributed by atoms with van der Waals surface area (Å²) in [5, 5.41) is 3.82. The molecule has 33 heavy (non-hydrogen) atoms. The number of imidazole rings is 1. The van der Waals surface area contributed by atoms with Gasteiger partial charge in [0.25, 0.3) is 5.91 Å². The van der Waals surface area contributed by atoms with Crippen molar-refractivity contribution in [3.63, 3.8) is 0 Å². The number of amides is 1. The largest absolute Gasteiger partial charge is 0.490 e. The van der Waals surface area contributed by atoms with Gasteiger partial charge >= 0.3 is 0 Å². The van der Waals surface area contributed by atoms with Crippen LogP contribution in [0.4, 0.5) is 0 Å². The number of hydrogen-bond acceptors (Lipinski definition) is 6. The van der Waals surface area contributed by atoms with Crippen molar-refractivity contribution in [2.75, 3.05) is 12.9 Å². The van der Waals surface area contributed by atoms with Crippen molar-refractivity contribution in [2.24, 2.45) is 0 Å². The van der Waals surface area contributed by atoms with E-state index in [-0.39, 0.29) is 5.91 Å². The van der Waals surface area contributed by atoms with Gasteiger partial charge in [-0.3, -0.25) is 9.36 Å². The molecule has 2 aromatic carbocycles. The minimum absolute atomic E-state index is 0.150. The number of carbonyl (C=O) groups excluding carboxylic acids is 1. The molecule has 0 fully saturated rings. The molecule has 0 aliphatic carbocycles. The van der Waals surface area contributed by atoms with Crippen molar-refractivity contribution in [1.29, 1.82) is 0 Å². The van der Waals surface area contributed by atoms with Crippen LogP contribution in [-0.2, 0) is 6.54 Å². The predicted octanol–water partition coefficient (Wildman–Crippen LogP) is 5.11.